The van der Waals surface area contributed by atoms with Crippen LogP contribution in [0.2, 0.25) is 0 Å². The summed E-state index contributed by atoms with van der Waals surface area (Å²) in [5.41, 5.74) is -6.22. The maximum Gasteiger partial charge on any atom is 0.426 e. The summed E-state index contributed by atoms with van der Waals surface area (Å²) >= 11 is 0. The van der Waals surface area contributed by atoms with Crippen molar-refractivity contribution in [1.82, 2.24) is 15.2 Å². The molecule has 1 atom stereocenters. The van der Waals surface area contributed by atoms with Gasteiger partial charge in [0.25, 0.3) is 11.8 Å². The zero-order valence-electron chi connectivity index (χ0n) is 21.2. The molecule has 0 spiro atoms. The molecule has 1 aliphatic heterocycles. The number of hydrogen-bond donors (Lipinski definition) is 0. The molecule has 0 saturated carbocycles. The Bertz CT molecular complexity index is 1650. The molecule has 0 N–H and O–H groups in total. The van der Waals surface area contributed by atoms with Crippen molar-refractivity contribution in [3.63, 3.8) is 0 Å². The minimum absolute atomic E-state index is 0.138. The molecule has 0 radical (unpaired) electrons. The molecular weight excluding hydrogens is 574 g/mol. The van der Waals surface area contributed by atoms with Gasteiger partial charge in [0, 0.05) is 6.07 Å². The number of alkyl halides is 6. The number of pyridine rings is 1. The summed E-state index contributed by atoms with van der Waals surface area (Å²) < 4.78 is 103. The Morgan fingerprint density at radius 2 is 1.76 bits per heavy atom. The quantitative estimate of drug-likeness (QED) is 0.135. The first-order valence-corrected chi connectivity index (χ1v) is 12.1. The first-order chi connectivity index (χ1) is 19.8. The van der Waals surface area contributed by atoms with E-state index in [2.05, 4.69) is 21.8 Å². The molecule has 0 amide bonds. The number of halogens is 6. The summed E-state index contributed by atoms with van der Waals surface area (Å²) in [6, 6.07) is 13.5. The minimum Gasteiger partial charge on any atom is -0.438 e. The molecule has 4 aromatic rings. The van der Waals surface area contributed by atoms with Crippen LogP contribution < -0.4 is 4.74 Å². The third-order valence-electron chi connectivity index (χ3n) is 6.46. The Morgan fingerprint density at radius 3 is 2.43 bits per heavy atom. The first-order valence-electron chi connectivity index (χ1n) is 12.1. The number of allylic oxidation sites excluding steroid dienone is 1. The lowest BCUT2D eigenvalue weighted by molar-refractivity contribution is -0.384. The number of benzene rings is 2. The van der Waals surface area contributed by atoms with Crippen molar-refractivity contribution in [1.29, 1.82) is 0 Å². The smallest absolute Gasteiger partial charge is 0.426 e. The summed E-state index contributed by atoms with van der Waals surface area (Å²) in [6.07, 6.45) is -11.5. The number of nitrogens with zero attached hydrogens (tertiary/aromatic N) is 4. The highest BCUT2D eigenvalue weighted by Gasteiger charge is 2.61. The van der Waals surface area contributed by atoms with Gasteiger partial charge < -0.3 is 13.9 Å². The van der Waals surface area contributed by atoms with Crippen molar-refractivity contribution >= 4 is 11.3 Å². The molecule has 9 nitrogen and oxygen atoms in total. The van der Waals surface area contributed by atoms with Gasteiger partial charge in [-0.3, -0.25) is 10.1 Å². The second kappa shape index (κ2) is 10.6. The molecule has 218 valence electrons. The molecule has 0 fully saturated rings. The maximum atomic E-state index is 14.9. The second-order valence-corrected chi connectivity index (χ2v) is 9.21. The highest BCUT2D eigenvalue weighted by molar-refractivity contribution is 5.66. The van der Waals surface area contributed by atoms with Crippen LogP contribution in [0.5, 0.6) is 11.6 Å². The van der Waals surface area contributed by atoms with Gasteiger partial charge in [-0.1, -0.05) is 49.0 Å². The summed E-state index contributed by atoms with van der Waals surface area (Å²) in [7, 11) is 0. The number of nitro groups is 1. The van der Waals surface area contributed by atoms with Gasteiger partial charge >= 0.3 is 18.0 Å². The highest BCUT2D eigenvalue weighted by Crippen LogP contribution is 2.49. The van der Waals surface area contributed by atoms with E-state index in [1.54, 1.807) is 18.2 Å². The highest BCUT2D eigenvalue weighted by atomic mass is 19.4. The largest absolute Gasteiger partial charge is 0.438 e. The second-order valence-electron chi connectivity index (χ2n) is 9.21. The van der Waals surface area contributed by atoms with Crippen molar-refractivity contribution in [2.45, 2.75) is 37.4 Å². The van der Waals surface area contributed by atoms with E-state index >= 15 is 0 Å². The van der Waals surface area contributed by atoms with Crippen molar-refractivity contribution in [3.05, 3.63) is 99.9 Å². The standard InChI is InChI=1S/C27H18F6N4O5/c1-15-10-11-25(27(31,32)33,40-14-16-6-3-2-4-7-16)24-36-35-23(42-24)21-20(37(38)39)13-19(26(28,29)30)22(34-21)41-18-9-5-8-17(15)12-18/h2-9,12-13H,1,10-11,14H2. The zero-order chi connectivity index (χ0) is 30.3. The molecule has 0 saturated heterocycles. The van der Waals surface area contributed by atoms with Gasteiger partial charge in [-0.2, -0.15) is 26.3 Å². The van der Waals surface area contributed by atoms with Crippen LogP contribution in [-0.4, -0.2) is 26.3 Å². The van der Waals surface area contributed by atoms with Gasteiger partial charge in [-0.15, -0.1) is 10.2 Å². The molecule has 42 heavy (non-hydrogen) atoms. The van der Waals surface area contributed by atoms with Crippen molar-refractivity contribution in [2.75, 3.05) is 0 Å². The molecule has 6 bridgehead atoms. The van der Waals surface area contributed by atoms with E-state index in [0.29, 0.717) is 5.56 Å². The van der Waals surface area contributed by atoms with Crippen LogP contribution in [0.15, 0.2) is 71.7 Å². The van der Waals surface area contributed by atoms with Crippen LogP contribution >= 0.6 is 0 Å². The molecule has 1 unspecified atom stereocenters. The van der Waals surface area contributed by atoms with Crippen LogP contribution in [0.25, 0.3) is 17.2 Å². The average Bonchev–Trinajstić information content (AvgIpc) is 3.42. The summed E-state index contributed by atoms with van der Waals surface area (Å²) in [5.74, 6) is -3.38. The fraction of sp³-hybridized carbons (Fsp3) is 0.222. The molecule has 5 rings (SSSR count). The van der Waals surface area contributed by atoms with Crippen molar-refractivity contribution < 1.29 is 45.2 Å². The topological polar surface area (TPSA) is 113 Å². The SMILES string of the molecule is C=C1CCC(OCc2ccccc2)(C(F)(F)F)c2nnc(o2)-c2nc(c(C(F)(F)F)cc2[N+](=O)[O-])Oc2cccc1c2. The molecule has 2 aromatic heterocycles. The number of fused-ring (bicyclic) bond motifs is 7. The maximum absolute atomic E-state index is 14.9. The lowest BCUT2D eigenvalue weighted by Gasteiger charge is -2.33. The predicted molar refractivity (Wildman–Crippen MR) is 133 cm³/mol. The van der Waals surface area contributed by atoms with Crippen LogP contribution in [0.3, 0.4) is 0 Å². The third kappa shape index (κ3) is 5.42. The third-order valence-corrected chi connectivity index (χ3v) is 6.46. The predicted octanol–water partition coefficient (Wildman–Crippen LogP) is 7.63. The van der Waals surface area contributed by atoms with Crippen molar-refractivity contribution in [2.24, 2.45) is 0 Å². The molecule has 15 heteroatoms. The average molecular weight is 592 g/mol. The van der Waals surface area contributed by atoms with Gasteiger partial charge in [-0.05, 0) is 41.7 Å². The van der Waals surface area contributed by atoms with E-state index in [1.807, 2.05) is 0 Å². The van der Waals surface area contributed by atoms with Crippen LogP contribution in [0, 0.1) is 10.1 Å². The van der Waals surface area contributed by atoms with Gasteiger partial charge in [0.05, 0.1) is 11.5 Å². The van der Waals surface area contributed by atoms with Gasteiger partial charge in [0.1, 0.15) is 11.3 Å². The molecule has 0 aliphatic carbocycles. The Morgan fingerprint density at radius 1 is 1.02 bits per heavy atom. The van der Waals surface area contributed by atoms with E-state index in [4.69, 9.17) is 13.9 Å². The fourth-order valence-electron chi connectivity index (χ4n) is 4.27. The lowest BCUT2D eigenvalue weighted by atomic mass is 9.91. The molecule has 3 heterocycles. The number of hydrogen-bond acceptors (Lipinski definition) is 8. The zero-order valence-corrected chi connectivity index (χ0v) is 21.2. The van der Waals surface area contributed by atoms with E-state index in [0.717, 1.165) is 0 Å². The monoisotopic (exact) mass is 592 g/mol. The van der Waals surface area contributed by atoms with Crippen molar-refractivity contribution in [3.8, 4) is 23.2 Å². The number of aromatic nitrogens is 3. The van der Waals surface area contributed by atoms with Gasteiger partial charge in [-0.25, -0.2) is 4.98 Å². The molecular formula is C27H18F6N4O5. The minimum atomic E-state index is -5.17. The number of rotatable bonds is 4. The number of ether oxygens (including phenoxy) is 2. The van der Waals surface area contributed by atoms with Crippen LogP contribution in [0.4, 0.5) is 32.0 Å². The lowest BCUT2D eigenvalue weighted by Crippen LogP contribution is -2.45. The van der Waals surface area contributed by atoms with Gasteiger partial charge in [0.2, 0.25) is 17.2 Å². The molecule has 1 aliphatic rings. The Labute approximate surface area is 232 Å². The normalized spacial score (nSPS) is 17.3. The summed E-state index contributed by atoms with van der Waals surface area (Å²) in [5, 5.41) is 18.8. The fourth-order valence-corrected chi connectivity index (χ4v) is 4.27. The van der Waals surface area contributed by atoms with Gasteiger partial charge in [0.15, 0.2) is 0 Å². The van der Waals surface area contributed by atoms with E-state index in [-0.39, 0.29) is 29.4 Å². The summed E-state index contributed by atoms with van der Waals surface area (Å²) in [6.45, 7) is 3.29. The Hall–Kier alpha value is -4.79. The Balaban J connectivity index is 1.75. The van der Waals surface area contributed by atoms with E-state index < -0.39 is 70.5 Å². The molecule has 2 aromatic carbocycles. The summed E-state index contributed by atoms with van der Waals surface area (Å²) in [4.78, 5) is 14.2. The van der Waals surface area contributed by atoms with E-state index in [9.17, 15) is 36.5 Å². The van der Waals surface area contributed by atoms with Crippen LogP contribution in [0.1, 0.15) is 35.4 Å². The Kier molecular flexibility index (Phi) is 7.22. The first kappa shape index (κ1) is 28.7. The van der Waals surface area contributed by atoms with E-state index in [1.165, 1.54) is 36.4 Å². The van der Waals surface area contributed by atoms with Crippen LogP contribution in [-0.2, 0) is 23.1 Å².